The number of carbonyl (C=O) groups is 1. The SMILES string of the molecule is C=C(C)COCCNC(=O)c1snnc1C(C)C. The van der Waals surface area contributed by atoms with E-state index in [0.717, 1.165) is 22.8 Å². The van der Waals surface area contributed by atoms with Gasteiger partial charge in [-0.1, -0.05) is 30.5 Å². The second-order valence-electron chi connectivity index (χ2n) is 4.41. The number of aromatic nitrogens is 2. The Hall–Kier alpha value is -1.27. The molecule has 0 unspecified atom stereocenters. The average molecular weight is 269 g/mol. The van der Waals surface area contributed by atoms with E-state index in [1.807, 2.05) is 20.8 Å². The third-order valence-corrected chi connectivity index (χ3v) is 2.89. The number of ether oxygens (including phenoxy) is 1. The largest absolute Gasteiger partial charge is 0.375 e. The zero-order valence-corrected chi connectivity index (χ0v) is 11.8. The van der Waals surface area contributed by atoms with E-state index >= 15 is 0 Å². The van der Waals surface area contributed by atoms with Gasteiger partial charge in [0.1, 0.15) is 4.88 Å². The lowest BCUT2D eigenvalue weighted by Crippen LogP contribution is -2.27. The molecule has 5 nitrogen and oxygen atoms in total. The Morgan fingerprint density at radius 1 is 1.56 bits per heavy atom. The molecule has 0 aliphatic carbocycles. The first kappa shape index (κ1) is 14.8. The van der Waals surface area contributed by atoms with Crippen LogP contribution in [0.1, 0.15) is 42.1 Å². The molecule has 100 valence electrons. The van der Waals surface area contributed by atoms with Crippen LogP contribution >= 0.6 is 11.5 Å². The number of rotatable bonds is 7. The van der Waals surface area contributed by atoms with Crippen LogP contribution in [0.3, 0.4) is 0 Å². The first-order valence-electron chi connectivity index (χ1n) is 5.85. The van der Waals surface area contributed by atoms with Crippen LogP contribution in [0.4, 0.5) is 0 Å². The normalized spacial score (nSPS) is 10.7. The Balaban J connectivity index is 2.36. The van der Waals surface area contributed by atoms with Crippen LogP contribution in [0.15, 0.2) is 12.2 Å². The van der Waals surface area contributed by atoms with Gasteiger partial charge >= 0.3 is 0 Å². The van der Waals surface area contributed by atoms with Crippen molar-refractivity contribution in [2.45, 2.75) is 26.7 Å². The van der Waals surface area contributed by atoms with E-state index in [0.29, 0.717) is 24.6 Å². The van der Waals surface area contributed by atoms with Crippen LogP contribution in [-0.4, -0.2) is 35.3 Å². The fourth-order valence-electron chi connectivity index (χ4n) is 1.30. The summed E-state index contributed by atoms with van der Waals surface area (Å²) in [4.78, 5) is 12.5. The molecule has 0 bridgehead atoms. The molecule has 0 aromatic carbocycles. The maximum Gasteiger partial charge on any atom is 0.265 e. The van der Waals surface area contributed by atoms with Crippen molar-refractivity contribution in [3.63, 3.8) is 0 Å². The lowest BCUT2D eigenvalue weighted by atomic mass is 10.1. The van der Waals surface area contributed by atoms with Crippen molar-refractivity contribution in [3.05, 3.63) is 22.7 Å². The van der Waals surface area contributed by atoms with E-state index in [4.69, 9.17) is 4.74 Å². The van der Waals surface area contributed by atoms with Crippen molar-refractivity contribution >= 4 is 17.4 Å². The molecule has 0 aliphatic rings. The summed E-state index contributed by atoms with van der Waals surface area (Å²) in [5.41, 5.74) is 1.72. The van der Waals surface area contributed by atoms with Crippen molar-refractivity contribution in [2.24, 2.45) is 0 Å². The molecule has 0 saturated heterocycles. The number of hydrogen-bond donors (Lipinski definition) is 1. The zero-order chi connectivity index (χ0) is 13.5. The van der Waals surface area contributed by atoms with Crippen molar-refractivity contribution in [1.29, 1.82) is 0 Å². The van der Waals surface area contributed by atoms with Crippen LogP contribution < -0.4 is 5.32 Å². The first-order chi connectivity index (χ1) is 8.52. The Kier molecular flexibility index (Phi) is 5.94. The molecule has 0 fully saturated rings. The Bertz CT molecular complexity index is 415. The Morgan fingerprint density at radius 3 is 2.89 bits per heavy atom. The summed E-state index contributed by atoms with van der Waals surface area (Å²) in [5, 5.41) is 6.76. The lowest BCUT2D eigenvalue weighted by molar-refractivity contribution is 0.0929. The molecule has 0 spiro atoms. The molecule has 0 saturated carbocycles. The highest BCUT2D eigenvalue weighted by Crippen LogP contribution is 2.19. The van der Waals surface area contributed by atoms with Crippen LogP contribution in [-0.2, 0) is 4.74 Å². The molecule has 0 atom stereocenters. The lowest BCUT2D eigenvalue weighted by Gasteiger charge is -2.06. The van der Waals surface area contributed by atoms with Crippen molar-refractivity contribution in [3.8, 4) is 0 Å². The third-order valence-electron chi connectivity index (χ3n) is 2.15. The predicted molar refractivity (Wildman–Crippen MR) is 72.0 cm³/mol. The Morgan fingerprint density at radius 2 is 2.28 bits per heavy atom. The van der Waals surface area contributed by atoms with Gasteiger partial charge in [0, 0.05) is 6.54 Å². The predicted octanol–water partition coefficient (Wildman–Crippen LogP) is 1.98. The zero-order valence-electron chi connectivity index (χ0n) is 11.0. The van der Waals surface area contributed by atoms with Gasteiger partial charge in [-0.2, -0.15) is 0 Å². The minimum Gasteiger partial charge on any atom is -0.375 e. The summed E-state index contributed by atoms with van der Waals surface area (Å²) in [6, 6.07) is 0. The molecular weight excluding hydrogens is 250 g/mol. The molecular formula is C12H19N3O2S. The van der Waals surface area contributed by atoms with Gasteiger partial charge in [0.05, 0.1) is 18.9 Å². The maximum atomic E-state index is 11.9. The van der Waals surface area contributed by atoms with Crippen LogP contribution in [0, 0.1) is 0 Å². The highest BCUT2D eigenvalue weighted by atomic mass is 32.1. The molecule has 1 N–H and O–H groups in total. The minimum atomic E-state index is -0.132. The second kappa shape index (κ2) is 7.23. The molecule has 0 aliphatic heterocycles. The number of amides is 1. The molecule has 0 radical (unpaired) electrons. The van der Waals surface area contributed by atoms with Gasteiger partial charge in [0.2, 0.25) is 0 Å². The van der Waals surface area contributed by atoms with Gasteiger partial charge in [0.25, 0.3) is 5.91 Å². The molecule has 1 aromatic heterocycles. The smallest absolute Gasteiger partial charge is 0.265 e. The van der Waals surface area contributed by atoms with Gasteiger partial charge < -0.3 is 10.1 Å². The standard InChI is InChI=1S/C12H19N3O2S/c1-8(2)7-17-6-5-13-12(16)11-10(9(3)4)14-15-18-11/h9H,1,5-7H2,2-4H3,(H,13,16). The molecule has 1 rings (SSSR count). The van der Waals surface area contributed by atoms with E-state index in [9.17, 15) is 4.79 Å². The summed E-state index contributed by atoms with van der Waals surface area (Å²) in [6.07, 6.45) is 0. The fraction of sp³-hybridized carbons (Fsp3) is 0.583. The Labute approximate surface area is 111 Å². The van der Waals surface area contributed by atoms with Gasteiger partial charge in [0.15, 0.2) is 0 Å². The maximum absolute atomic E-state index is 11.9. The van der Waals surface area contributed by atoms with Gasteiger partial charge in [-0.3, -0.25) is 4.79 Å². The van der Waals surface area contributed by atoms with Crippen molar-refractivity contribution in [2.75, 3.05) is 19.8 Å². The van der Waals surface area contributed by atoms with Gasteiger partial charge in [-0.25, -0.2) is 0 Å². The monoisotopic (exact) mass is 269 g/mol. The van der Waals surface area contributed by atoms with E-state index in [1.165, 1.54) is 0 Å². The van der Waals surface area contributed by atoms with E-state index < -0.39 is 0 Å². The molecule has 18 heavy (non-hydrogen) atoms. The van der Waals surface area contributed by atoms with Crippen molar-refractivity contribution in [1.82, 2.24) is 14.9 Å². The van der Waals surface area contributed by atoms with Gasteiger partial charge in [-0.05, 0) is 24.4 Å². The highest BCUT2D eigenvalue weighted by molar-refractivity contribution is 7.08. The average Bonchev–Trinajstić information content (AvgIpc) is 2.76. The number of carbonyl (C=O) groups excluding carboxylic acids is 1. The van der Waals surface area contributed by atoms with E-state index in [2.05, 4.69) is 21.5 Å². The molecule has 1 aromatic rings. The third kappa shape index (κ3) is 4.54. The van der Waals surface area contributed by atoms with E-state index in [-0.39, 0.29) is 11.8 Å². The van der Waals surface area contributed by atoms with Crippen molar-refractivity contribution < 1.29 is 9.53 Å². The van der Waals surface area contributed by atoms with Gasteiger partial charge in [-0.15, -0.1) is 5.10 Å². The van der Waals surface area contributed by atoms with Crippen LogP contribution in [0.2, 0.25) is 0 Å². The number of nitrogens with zero attached hydrogens (tertiary/aromatic N) is 2. The minimum absolute atomic E-state index is 0.132. The van der Waals surface area contributed by atoms with Crippen LogP contribution in [0.5, 0.6) is 0 Å². The summed E-state index contributed by atoms with van der Waals surface area (Å²) in [5.74, 6) is 0.0665. The molecule has 6 heteroatoms. The second-order valence-corrected chi connectivity index (χ2v) is 5.16. The quantitative estimate of drug-likeness (QED) is 0.607. The molecule has 1 amide bonds. The van der Waals surface area contributed by atoms with E-state index in [1.54, 1.807) is 0 Å². The number of hydrogen-bond acceptors (Lipinski definition) is 5. The summed E-state index contributed by atoms with van der Waals surface area (Å²) >= 11 is 1.13. The number of nitrogens with one attached hydrogen (secondary N) is 1. The summed E-state index contributed by atoms with van der Waals surface area (Å²) in [6.45, 7) is 11.1. The first-order valence-corrected chi connectivity index (χ1v) is 6.62. The molecule has 1 heterocycles. The fourth-order valence-corrected chi connectivity index (χ4v) is 2.03. The topological polar surface area (TPSA) is 64.1 Å². The summed E-state index contributed by atoms with van der Waals surface area (Å²) < 4.78 is 9.12. The summed E-state index contributed by atoms with van der Waals surface area (Å²) in [7, 11) is 0. The highest BCUT2D eigenvalue weighted by Gasteiger charge is 2.17. The van der Waals surface area contributed by atoms with Crippen LogP contribution in [0.25, 0.3) is 0 Å².